The maximum absolute atomic E-state index is 12.5. The molecule has 5 nitrogen and oxygen atoms in total. The molecule has 0 saturated carbocycles. The van der Waals surface area contributed by atoms with Gasteiger partial charge in [0.1, 0.15) is 9.77 Å². The molecule has 21 heavy (non-hydrogen) atoms. The first-order chi connectivity index (χ1) is 9.90. The molecule has 0 fully saturated rings. The number of sulfonamides is 1. The van der Waals surface area contributed by atoms with Gasteiger partial charge in [0.2, 0.25) is 10.0 Å². The fourth-order valence-corrected chi connectivity index (χ4v) is 4.89. The van der Waals surface area contributed by atoms with Gasteiger partial charge in [-0.25, -0.2) is 13.2 Å². The molecule has 1 aromatic carbocycles. The second-order valence-electron chi connectivity index (χ2n) is 4.31. The van der Waals surface area contributed by atoms with Crippen molar-refractivity contribution >= 4 is 37.4 Å². The minimum absolute atomic E-state index is 0.212. The number of thiophene rings is 1. The van der Waals surface area contributed by atoms with E-state index >= 15 is 0 Å². The van der Waals surface area contributed by atoms with Crippen LogP contribution in [0.5, 0.6) is 0 Å². The van der Waals surface area contributed by atoms with Crippen LogP contribution in [-0.2, 0) is 10.0 Å². The Morgan fingerprint density at radius 2 is 2.14 bits per heavy atom. The summed E-state index contributed by atoms with van der Waals surface area (Å²) in [7, 11) is -4.01. The summed E-state index contributed by atoms with van der Waals surface area (Å²) in [5.74, 6) is 1.06. The van der Waals surface area contributed by atoms with Crippen molar-refractivity contribution in [3.05, 3.63) is 29.1 Å². The quantitative estimate of drug-likeness (QED) is 0.827. The highest BCUT2D eigenvalue weighted by atomic mass is 32.2. The zero-order chi connectivity index (χ0) is 15.6. The Hall–Kier alpha value is -1.88. The van der Waals surface area contributed by atoms with Crippen LogP contribution in [-0.4, -0.2) is 25.5 Å². The number of carboxylic acids is 1. The average Bonchev–Trinajstić information content (AvgIpc) is 2.85. The lowest BCUT2D eigenvalue weighted by molar-refractivity contribution is 0.0698. The maximum Gasteiger partial charge on any atom is 0.347 e. The van der Waals surface area contributed by atoms with E-state index in [0.717, 1.165) is 11.3 Å². The number of fused-ring (bicyclic) bond motifs is 1. The van der Waals surface area contributed by atoms with E-state index in [-0.39, 0.29) is 9.77 Å². The Morgan fingerprint density at radius 1 is 1.48 bits per heavy atom. The molecule has 0 bridgehead atoms. The largest absolute Gasteiger partial charge is 0.477 e. The molecule has 0 aliphatic heterocycles. The normalized spacial score (nSPS) is 13.0. The van der Waals surface area contributed by atoms with Crippen LogP contribution in [0, 0.1) is 12.3 Å². The van der Waals surface area contributed by atoms with Crippen molar-refractivity contribution < 1.29 is 18.3 Å². The summed E-state index contributed by atoms with van der Waals surface area (Å²) in [6.45, 7) is 1.75. The summed E-state index contributed by atoms with van der Waals surface area (Å²) in [6.07, 6.45) is 5.68. The third-order valence-corrected chi connectivity index (χ3v) is 5.76. The minimum Gasteiger partial charge on any atom is -0.477 e. The second kappa shape index (κ2) is 5.85. The Kier molecular flexibility index (Phi) is 4.32. The van der Waals surface area contributed by atoms with E-state index in [2.05, 4.69) is 10.6 Å². The molecule has 1 atom stereocenters. The Bertz CT molecular complexity index is 830. The van der Waals surface area contributed by atoms with E-state index < -0.39 is 22.0 Å². The summed E-state index contributed by atoms with van der Waals surface area (Å²) in [5.41, 5.74) is 0. The molecule has 0 saturated heterocycles. The minimum atomic E-state index is -4.01. The first-order valence-electron chi connectivity index (χ1n) is 6.14. The third kappa shape index (κ3) is 2.93. The summed E-state index contributed by atoms with van der Waals surface area (Å²) in [4.78, 5) is 10.9. The van der Waals surface area contributed by atoms with E-state index in [1.165, 1.54) is 0 Å². The van der Waals surface area contributed by atoms with Gasteiger partial charge in [0.25, 0.3) is 0 Å². The highest BCUT2D eigenvalue weighted by molar-refractivity contribution is 7.90. The lowest BCUT2D eigenvalue weighted by atomic mass is 10.2. The SMILES string of the molecule is C#CC(CC)NS(=O)(=O)c1c(C(=O)O)sc2ccccc12. The van der Waals surface area contributed by atoms with Crippen molar-refractivity contribution in [3.63, 3.8) is 0 Å². The fourth-order valence-electron chi connectivity index (χ4n) is 1.91. The van der Waals surface area contributed by atoms with Gasteiger partial charge >= 0.3 is 5.97 Å². The summed E-state index contributed by atoms with van der Waals surface area (Å²) >= 11 is 0.931. The topological polar surface area (TPSA) is 83.5 Å². The predicted molar refractivity (Wildman–Crippen MR) is 82.0 cm³/mol. The molecule has 2 rings (SSSR count). The number of rotatable bonds is 5. The Morgan fingerprint density at radius 3 is 2.71 bits per heavy atom. The van der Waals surface area contributed by atoms with Crippen LogP contribution >= 0.6 is 11.3 Å². The predicted octanol–water partition coefficient (Wildman–Crippen LogP) is 2.29. The standard InChI is InChI=1S/C14H13NO4S2/c1-3-9(4-2)15-21(18,19)13-10-7-5-6-8-11(10)20-12(13)14(16)17/h1,5-9,15H,4H2,2H3,(H,16,17). The van der Waals surface area contributed by atoms with E-state index in [1.807, 2.05) is 0 Å². The molecule has 2 aromatic rings. The van der Waals surface area contributed by atoms with Gasteiger partial charge in [0.15, 0.2) is 0 Å². The monoisotopic (exact) mass is 323 g/mol. The molecular formula is C14H13NO4S2. The smallest absolute Gasteiger partial charge is 0.347 e. The maximum atomic E-state index is 12.5. The van der Waals surface area contributed by atoms with Gasteiger partial charge in [-0.2, -0.15) is 4.72 Å². The molecule has 0 aliphatic carbocycles. The molecule has 1 aromatic heterocycles. The highest BCUT2D eigenvalue weighted by Gasteiger charge is 2.29. The van der Waals surface area contributed by atoms with E-state index in [0.29, 0.717) is 16.5 Å². The lowest BCUT2D eigenvalue weighted by Gasteiger charge is -2.11. The van der Waals surface area contributed by atoms with E-state index in [1.54, 1.807) is 31.2 Å². The second-order valence-corrected chi connectivity index (χ2v) is 7.01. The first-order valence-corrected chi connectivity index (χ1v) is 8.44. The van der Waals surface area contributed by atoms with Crippen molar-refractivity contribution in [3.8, 4) is 12.3 Å². The first kappa shape index (κ1) is 15.5. The van der Waals surface area contributed by atoms with Crippen molar-refractivity contribution in [2.45, 2.75) is 24.3 Å². The van der Waals surface area contributed by atoms with Gasteiger partial charge in [-0.1, -0.05) is 31.0 Å². The number of benzene rings is 1. The molecule has 0 aliphatic rings. The number of nitrogens with one attached hydrogen (secondary N) is 1. The highest BCUT2D eigenvalue weighted by Crippen LogP contribution is 2.34. The Labute approximate surface area is 126 Å². The number of terminal acetylenes is 1. The number of carbonyl (C=O) groups is 1. The lowest BCUT2D eigenvalue weighted by Crippen LogP contribution is -2.33. The molecule has 110 valence electrons. The van der Waals surface area contributed by atoms with Crippen molar-refractivity contribution in [2.24, 2.45) is 0 Å². The van der Waals surface area contributed by atoms with Gasteiger partial charge in [-0.3, -0.25) is 0 Å². The van der Waals surface area contributed by atoms with Crippen LogP contribution in [0.1, 0.15) is 23.0 Å². The van der Waals surface area contributed by atoms with Gasteiger partial charge in [0.05, 0.1) is 6.04 Å². The average molecular weight is 323 g/mol. The fraction of sp³-hybridized carbons (Fsp3) is 0.214. The van der Waals surface area contributed by atoms with Crippen LogP contribution < -0.4 is 4.72 Å². The van der Waals surface area contributed by atoms with E-state index in [9.17, 15) is 18.3 Å². The van der Waals surface area contributed by atoms with Crippen molar-refractivity contribution in [1.82, 2.24) is 4.72 Å². The molecule has 7 heteroatoms. The van der Waals surface area contributed by atoms with Gasteiger partial charge in [0, 0.05) is 10.1 Å². The van der Waals surface area contributed by atoms with Crippen LogP contribution in [0.3, 0.4) is 0 Å². The Balaban J connectivity index is 2.67. The zero-order valence-electron chi connectivity index (χ0n) is 11.2. The van der Waals surface area contributed by atoms with Crippen LogP contribution in [0.2, 0.25) is 0 Å². The number of hydrogen-bond acceptors (Lipinski definition) is 4. The summed E-state index contributed by atoms with van der Waals surface area (Å²) in [5, 5.41) is 9.64. The summed E-state index contributed by atoms with van der Waals surface area (Å²) < 4.78 is 28.0. The van der Waals surface area contributed by atoms with Crippen LogP contribution in [0.4, 0.5) is 0 Å². The number of aromatic carboxylic acids is 1. The van der Waals surface area contributed by atoms with Crippen molar-refractivity contribution in [1.29, 1.82) is 0 Å². The van der Waals surface area contributed by atoms with Crippen LogP contribution in [0.15, 0.2) is 29.2 Å². The zero-order valence-corrected chi connectivity index (χ0v) is 12.8. The number of hydrogen-bond donors (Lipinski definition) is 2. The molecule has 0 radical (unpaired) electrons. The molecular weight excluding hydrogens is 310 g/mol. The van der Waals surface area contributed by atoms with Gasteiger partial charge < -0.3 is 5.11 Å². The van der Waals surface area contributed by atoms with Crippen LogP contribution in [0.25, 0.3) is 10.1 Å². The molecule has 0 spiro atoms. The summed E-state index contributed by atoms with van der Waals surface area (Å²) in [6, 6.07) is 5.99. The number of carboxylic acid groups (broad SMARTS) is 1. The van der Waals surface area contributed by atoms with Gasteiger partial charge in [-0.05, 0) is 12.5 Å². The van der Waals surface area contributed by atoms with Gasteiger partial charge in [-0.15, -0.1) is 17.8 Å². The molecule has 0 amide bonds. The van der Waals surface area contributed by atoms with Crippen molar-refractivity contribution in [2.75, 3.05) is 0 Å². The molecule has 1 unspecified atom stereocenters. The third-order valence-electron chi connectivity index (χ3n) is 2.92. The van der Waals surface area contributed by atoms with E-state index in [4.69, 9.17) is 6.42 Å². The molecule has 1 heterocycles. The molecule has 2 N–H and O–H groups in total.